The van der Waals surface area contributed by atoms with Gasteiger partial charge in [0.1, 0.15) is 11.4 Å². The predicted octanol–water partition coefficient (Wildman–Crippen LogP) is 3.88. The number of aromatic amines is 1. The molecule has 2 N–H and O–H groups in total. The summed E-state index contributed by atoms with van der Waals surface area (Å²) in [5, 5.41) is 4.21. The highest BCUT2D eigenvalue weighted by Gasteiger charge is 2.53. The Hall–Kier alpha value is -3.93. The third-order valence-corrected chi connectivity index (χ3v) is 8.14. The molecule has 11 nitrogen and oxygen atoms in total. The minimum Gasteiger partial charge on any atom is -0.494 e. The number of esters is 1. The summed E-state index contributed by atoms with van der Waals surface area (Å²) in [4.78, 5) is 45.0. The van der Waals surface area contributed by atoms with Crippen molar-refractivity contribution >= 4 is 55.9 Å². The second-order valence-electron chi connectivity index (χ2n) is 9.39. The summed E-state index contributed by atoms with van der Waals surface area (Å²) < 4.78 is 27.0. The Morgan fingerprint density at radius 2 is 1.72 bits per heavy atom. The molecule has 1 aromatic heterocycles. The second-order valence-corrected chi connectivity index (χ2v) is 10.0. The summed E-state index contributed by atoms with van der Waals surface area (Å²) in [5.41, 5.74) is 1.20. The van der Waals surface area contributed by atoms with Gasteiger partial charge < -0.3 is 38.9 Å². The molecule has 0 radical (unpaired) electrons. The number of H-pyrrole nitrogens is 1. The Balaban J connectivity index is 1.64. The molecule has 39 heavy (non-hydrogen) atoms. The van der Waals surface area contributed by atoms with Crippen LogP contribution in [-0.2, 0) is 9.53 Å². The molecule has 0 saturated heterocycles. The number of carbonyl (C=O) groups is 3. The summed E-state index contributed by atoms with van der Waals surface area (Å²) in [6.45, 7) is 1.79. The van der Waals surface area contributed by atoms with Crippen LogP contribution >= 0.6 is 15.9 Å². The Bertz CT molecular complexity index is 1530. The van der Waals surface area contributed by atoms with E-state index in [9.17, 15) is 14.4 Å². The molecule has 5 rings (SSSR count). The summed E-state index contributed by atoms with van der Waals surface area (Å²) in [6, 6.07) is 5.19. The van der Waals surface area contributed by atoms with Crippen molar-refractivity contribution in [3.63, 3.8) is 0 Å². The zero-order chi connectivity index (χ0) is 28.2. The number of Topliss-reactive ketones (excluding diaryl/α,β-unsaturated/α-hetero) is 1. The molecule has 12 heteroatoms. The molecule has 1 amide bonds. The van der Waals surface area contributed by atoms with Crippen LogP contribution < -0.4 is 29.2 Å². The first kappa shape index (κ1) is 26.7. The highest BCUT2D eigenvalue weighted by molar-refractivity contribution is 9.09. The zero-order valence-corrected chi connectivity index (χ0v) is 23.9. The molecule has 0 aliphatic carbocycles. The minimum absolute atomic E-state index is 0.214. The lowest BCUT2D eigenvalue weighted by Crippen LogP contribution is -2.47. The van der Waals surface area contributed by atoms with Gasteiger partial charge >= 0.3 is 5.97 Å². The lowest BCUT2D eigenvalue weighted by molar-refractivity contribution is -0.143. The summed E-state index contributed by atoms with van der Waals surface area (Å²) in [6.07, 6.45) is 0. The normalized spacial score (nSPS) is 19.4. The number of benzene rings is 2. The summed E-state index contributed by atoms with van der Waals surface area (Å²) in [5.74, 6) is -0.0619. The Morgan fingerprint density at radius 3 is 2.31 bits per heavy atom. The minimum atomic E-state index is -1.61. The van der Waals surface area contributed by atoms with E-state index in [0.717, 1.165) is 0 Å². The number of hydrogen-bond acceptors (Lipinski definition) is 9. The number of rotatable bonds is 7. The average Bonchev–Trinajstić information content (AvgIpc) is 3.62. The van der Waals surface area contributed by atoms with Gasteiger partial charge in [-0.25, -0.2) is 4.79 Å². The molecule has 3 heterocycles. The number of anilines is 2. The van der Waals surface area contributed by atoms with Gasteiger partial charge in [-0.2, -0.15) is 0 Å². The molecule has 2 aliphatic rings. The van der Waals surface area contributed by atoms with Gasteiger partial charge in [0.25, 0.3) is 5.91 Å². The molecule has 2 aromatic carbocycles. The highest BCUT2D eigenvalue weighted by atomic mass is 79.9. The second kappa shape index (κ2) is 9.67. The molecule has 3 aromatic rings. The molecule has 0 fully saturated rings. The van der Waals surface area contributed by atoms with Gasteiger partial charge in [-0.1, -0.05) is 15.9 Å². The first-order valence-corrected chi connectivity index (χ1v) is 13.2. The van der Waals surface area contributed by atoms with E-state index in [-0.39, 0.29) is 11.8 Å². The molecule has 0 bridgehead atoms. The number of ether oxygens (including phenoxy) is 5. The molecule has 206 valence electrons. The van der Waals surface area contributed by atoms with Crippen LogP contribution in [-0.4, -0.2) is 75.6 Å². The Kier molecular flexibility index (Phi) is 6.61. The quantitative estimate of drug-likeness (QED) is 0.235. The van der Waals surface area contributed by atoms with Crippen molar-refractivity contribution in [2.75, 3.05) is 57.6 Å². The van der Waals surface area contributed by atoms with Gasteiger partial charge in [0.15, 0.2) is 17.0 Å². The van der Waals surface area contributed by atoms with Gasteiger partial charge in [-0.3, -0.25) is 9.59 Å². The van der Waals surface area contributed by atoms with E-state index in [4.69, 9.17) is 23.7 Å². The molecule has 0 spiro atoms. The van der Waals surface area contributed by atoms with Gasteiger partial charge in [0.2, 0.25) is 11.5 Å². The third-order valence-electron chi connectivity index (χ3n) is 7.36. The van der Waals surface area contributed by atoms with Gasteiger partial charge in [-0.15, -0.1) is 0 Å². The fourth-order valence-electron chi connectivity index (χ4n) is 5.46. The number of aromatic nitrogens is 1. The number of methoxy groups -OCH3 is 5. The first-order valence-electron chi connectivity index (χ1n) is 12.0. The van der Waals surface area contributed by atoms with Crippen molar-refractivity contribution in [3.05, 3.63) is 35.0 Å². The van der Waals surface area contributed by atoms with E-state index in [1.807, 2.05) is 0 Å². The fraction of sp³-hybridized carbons (Fsp3) is 0.370. The molecular weight excluding hydrogens is 574 g/mol. The summed E-state index contributed by atoms with van der Waals surface area (Å²) in [7, 11) is 7.24. The van der Waals surface area contributed by atoms with Crippen LogP contribution in [0.1, 0.15) is 39.3 Å². The first-order chi connectivity index (χ1) is 18.7. The fourth-order valence-corrected chi connectivity index (χ4v) is 5.98. The van der Waals surface area contributed by atoms with E-state index in [2.05, 4.69) is 26.2 Å². The monoisotopic (exact) mass is 601 g/mol. The van der Waals surface area contributed by atoms with Gasteiger partial charge in [0.05, 0.1) is 58.0 Å². The third kappa shape index (κ3) is 3.72. The zero-order valence-electron chi connectivity index (χ0n) is 22.3. The van der Waals surface area contributed by atoms with Crippen LogP contribution in [0.4, 0.5) is 11.4 Å². The number of alkyl halides is 1. The van der Waals surface area contributed by atoms with Crippen molar-refractivity contribution in [1.29, 1.82) is 0 Å². The number of halogens is 1. The number of amides is 1. The maximum Gasteiger partial charge on any atom is 0.339 e. The van der Waals surface area contributed by atoms with E-state index in [0.29, 0.717) is 74.0 Å². The number of ketones is 1. The highest BCUT2D eigenvalue weighted by Crippen LogP contribution is 2.51. The number of fused-ring (bicyclic) bond motifs is 4. The van der Waals surface area contributed by atoms with Crippen LogP contribution in [0.25, 0.3) is 10.9 Å². The lowest BCUT2D eigenvalue weighted by atomic mass is 9.89. The molecular formula is C27H28BrN3O8. The smallest absolute Gasteiger partial charge is 0.339 e. The number of nitrogens with one attached hydrogen (secondary N) is 2. The van der Waals surface area contributed by atoms with Crippen molar-refractivity contribution in [2.45, 2.75) is 18.4 Å². The Morgan fingerprint density at radius 1 is 1.03 bits per heavy atom. The maximum atomic E-state index is 14.0. The van der Waals surface area contributed by atoms with Crippen molar-refractivity contribution in [1.82, 2.24) is 4.98 Å². The van der Waals surface area contributed by atoms with Crippen LogP contribution in [0, 0.1) is 0 Å². The van der Waals surface area contributed by atoms with Crippen molar-refractivity contribution in [2.24, 2.45) is 0 Å². The van der Waals surface area contributed by atoms with Gasteiger partial charge in [0, 0.05) is 29.2 Å². The lowest BCUT2D eigenvalue weighted by Gasteiger charge is -2.20. The largest absolute Gasteiger partial charge is 0.494 e. The van der Waals surface area contributed by atoms with E-state index < -0.39 is 17.3 Å². The topological polar surface area (TPSA) is 128 Å². The average molecular weight is 602 g/mol. The van der Waals surface area contributed by atoms with Crippen molar-refractivity contribution < 1.29 is 38.1 Å². The van der Waals surface area contributed by atoms with E-state index >= 15 is 0 Å². The van der Waals surface area contributed by atoms with Crippen LogP contribution in [0.5, 0.6) is 23.0 Å². The standard InChI is InChI=1S/C27H28BrN3O8/c1-27(26(34)39-6)24(32)19-18-13(10-28)11-31(15(18)9-16(35-2)21(19)30-27)25(33)14-7-12-8-17(36-3)22(37-4)23(38-5)20(12)29-14/h7-9,13,29-30H,10-11H2,1-6H3. The number of hydrogen-bond donors (Lipinski definition) is 2. The Labute approximate surface area is 232 Å². The van der Waals surface area contributed by atoms with Crippen LogP contribution in [0.15, 0.2) is 18.2 Å². The molecule has 2 aliphatic heterocycles. The van der Waals surface area contributed by atoms with Crippen LogP contribution in [0.2, 0.25) is 0 Å². The molecule has 2 unspecified atom stereocenters. The van der Waals surface area contributed by atoms with Crippen LogP contribution in [0.3, 0.4) is 0 Å². The number of nitrogens with zero attached hydrogens (tertiary/aromatic N) is 1. The number of carbonyl (C=O) groups excluding carboxylic acids is 3. The van der Waals surface area contributed by atoms with Gasteiger partial charge in [-0.05, 0) is 24.6 Å². The molecule has 0 saturated carbocycles. The SMILES string of the molecule is COC(=O)C1(C)Nc2c(OC)cc3c(c2C1=O)C(CBr)CN3C(=O)c1cc2cc(OC)c(OC)c(OC)c2[nH]1. The summed E-state index contributed by atoms with van der Waals surface area (Å²) >= 11 is 3.55. The van der Waals surface area contributed by atoms with Crippen molar-refractivity contribution in [3.8, 4) is 23.0 Å². The molecule has 2 atom stereocenters. The maximum absolute atomic E-state index is 14.0. The van der Waals surface area contributed by atoms with E-state index in [1.165, 1.54) is 42.5 Å². The predicted molar refractivity (Wildman–Crippen MR) is 148 cm³/mol. The van der Waals surface area contributed by atoms with E-state index in [1.54, 1.807) is 23.1 Å².